The van der Waals surface area contributed by atoms with Crippen LogP contribution < -0.4 is 19.5 Å². The van der Waals surface area contributed by atoms with E-state index < -0.39 is 0 Å². The van der Waals surface area contributed by atoms with Gasteiger partial charge in [0.2, 0.25) is 0 Å². The molecular formula is C23H26N2O4. The minimum absolute atomic E-state index is 0.0437. The van der Waals surface area contributed by atoms with Crippen molar-refractivity contribution in [2.75, 3.05) is 32.8 Å². The Hall–Kier alpha value is -2.73. The van der Waals surface area contributed by atoms with Crippen molar-refractivity contribution in [2.24, 2.45) is 5.92 Å². The molecule has 6 heteroatoms. The number of hydrogen-bond acceptors (Lipinski definition) is 5. The summed E-state index contributed by atoms with van der Waals surface area (Å²) < 4.78 is 17.6. The highest BCUT2D eigenvalue weighted by Crippen LogP contribution is 2.33. The fourth-order valence-corrected chi connectivity index (χ4v) is 4.43. The second kappa shape index (κ2) is 7.95. The predicted molar refractivity (Wildman–Crippen MR) is 109 cm³/mol. The first-order chi connectivity index (χ1) is 14.2. The van der Waals surface area contributed by atoms with E-state index >= 15 is 0 Å². The third-order valence-corrected chi connectivity index (χ3v) is 6.08. The number of benzene rings is 2. The maximum atomic E-state index is 12.8. The standard InChI is InChI=1S/C23H26N2O4/c26-23(24-20-13-25-10-8-16(20)9-11-25)17-6-7-21-22(12-17)29-19(15-28-21)14-27-18-4-2-1-3-5-18/h1-7,12,16,19-20H,8-11,13-15H2,(H,24,26). The lowest BCUT2D eigenvalue weighted by Crippen LogP contribution is -2.57. The molecule has 6 nitrogen and oxygen atoms in total. The van der Waals surface area contributed by atoms with Crippen molar-refractivity contribution in [1.29, 1.82) is 0 Å². The van der Waals surface area contributed by atoms with E-state index in [1.54, 1.807) is 12.1 Å². The molecule has 0 aliphatic carbocycles. The molecule has 0 saturated carbocycles. The summed E-state index contributed by atoms with van der Waals surface area (Å²) in [5.41, 5.74) is 0.605. The topological polar surface area (TPSA) is 60.0 Å². The quantitative estimate of drug-likeness (QED) is 0.845. The monoisotopic (exact) mass is 394 g/mol. The minimum atomic E-state index is -0.220. The van der Waals surface area contributed by atoms with Crippen LogP contribution in [0.25, 0.3) is 0 Å². The normalized spacial score (nSPS) is 27.3. The number of nitrogens with zero attached hydrogens (tertiary/aromatic N) is 1. The van der Waals surface area contributed by atoms with Gasteiger partial charge in [-0.1, -0.05) is 18.2 Å². The van der Waals surface area contributed by atoms with E-state index in [1.165, 1.54) is 12.8 Å². The second-order valence-corrected chi connectivity index (χ2v) is 8.05. The van der Waals surface area contributed by atoms with Crippen LogP contribution in [0.4, 0.5) is 0 Å². The molecule has 3 fully saturated rings. The molecule has 3 saturated heterocycles. The molecule has 2 atom stereocenters. The average molecular weight is 394 g/mol. The van der Waals surface area contributed by atoms with E-state index in [0.717, 1.165) is 25.4 Å². The van der Waals surface area contributed by atoms with E-state index in [0.29, 0.717) is 36.2 Å². The summed E-state index contributed by atoms with van der Waals surface area (Å²) >= 11 is 0. The number of fused-ring (bicyclic) bond motifs is 4. The molecule has 2 bridgehead atoms. The van der Waals surface area contributed by atoms with Gasteiger partial charge in [0.25, 0.3) is 5.91 Å². The molecule has 4 aliphatic heterocycles. The Bertz CT molecular complexity index is 864. The van der Waals surface area contributed by atoms with Crippen molar-refractivity contribution < 1.29 is 19.0 Å². The van der Waals surface area contributed by atoms with Crippen LogP contribution in [-0.4, -0.2) is 55.8 Å². The zero-order valence-corrected chi connectivity index (χ0v) is 16.4. The van der Waals surface area contributed by atoms with E-state index in [4.69, 9.17) is 14.2 Å². The van der Waals surface area contributed by atoms with Crippen LogP contribution in [0.5, 0.6) is 17.2 Å². The Morgan fingerprint density at radius 2 is 1.93 bits per heavy atom. The summed E-state index contributed by atoms with van der Waals surface area (Å²) in [6.07, 6.45) is 2.13. The lowest BCUT2D eigenvalue weighted by Gasteiger charge is -2.44. The maximum absolute atomic E-state index is 12.8. The van der Waals surface area contributed by atoms with Gasteiger partial charge in [-0.2, -0.15) is 0 Å². The van der Waals surface area contributed by atoms with Crippen molar-refractivity contribution in [2.45, 2.75) is 25.0 Å². The van der Waals surface area contributed by atoms with Gasteiger partial charge < -0.3 is 24.4 Å². The number of ether oxygens (including phenoxy) is 3. The first kappa shape index (κ1) is 18.3. The Balaban J connectivity index is 1.22. The van der Waals surface area contributed by atoms with Crippen molar-refractivity contribution in [3.8, 4) is 17.2 Å². The van der Waals surface area contributed by atoms with E-state index in [2.05, 4.69) is 10.2 Å². The molecule has 4 aliphatic rings. The van der Waals surface area contributed by atoms with Crippen LogP contribution in [0.1, 0.15) is 23.2 Å². The lowest BCUT2D eigenvalue weighted by atomic mass is 9.84. The van der Waals surface area contributed by atoms with Crippen LogP contribution >= 0.6 is 0 Å². The van der Waals surface area contributed by atoms with E-state index in [9.17, 15) is 4.79 Å². The maximum Gasteiger partial charge on any atom is 0.251 e. The Labute approximate surface area is 170 Å². The molecule has 4 heterocycles. The average Bonchev–Trinajstić information content (AvgIpc) is 2.78. The Morgan fingerprint density at radius 3 is 2.69 bits per heavy atom. The summed E-state index contributed by atoms with van der Waals surface area (Å²) in [6.45, 7) is 4.09. The number of carbonyl (C=O) groups excluding carboxylic acids is 1. The van der Waals surface area contributed by atoms with Crippen molar-refractivity contribution in [3.63, 3.8) is 0 Å². The van der Waals surface area contributed by atoms with Gasteiger partial charge in [0.05, 0.1) is 0 Å². The number of carbonyl (C=O) groups is 1. The van der Waals surface area contributed by atoms with Crippen LogP contribution in [0.2, 0.25) is 0 Å². The smallest absolute Gasteiger partial charge is 0.251 e. The van der Waals surface area contributed by atoms with E-state index in [1.807, 2.05) is 36.4 Å². The van der Waals surface area contributed by atoms with Crippen LogP contribution in [0, 0.1) is 5.92 Å². The molecule has 6 rings (SSSR count). The molecule has 29 heavy (non-hydrogen) atoms. The summed E-state index contributed by atoms with van der Waals surface area (Å²) in [6, 6.07) is 15.3. The van der Waals surface area contributed by atoms with Gasteiger partial charge in [0, 0.05) is 18.2 Å². The molecule has 2 unspecified atom stereocenters. The highest BCUT2D eigenvalue weighted by Gasteiger charge is 2.35. The fraction of sp³-hybridized carbons (Fsp3) is 0.435. The predicted octanol–water partition coefficient (Wildman–Crippen LogP) is 2.73. The molecule has 0 aromatic heterocycles. The highest BCUT2D eigenvalue weighted by molar-refractivity contribution is 5.95. The molecular weight excluding hydrogens is 368 g/mol. The second-order valence-electron chi connectivity index (χ2n) is 8.05. The molecule has 1 N–H and O–H groups in total. The molecule has 0 radical (unpaired) electrons. The van der Waals surface area contributed by atoms with Crippen LogP contribution in [0.3, 0.4) is 0 Å². The number of hydrogen-bond donors (Lipinski definition) is 1. The Morgan fingerprint density at radius 1 is 1.10 bits per heavy atom. The lowest BCUT2D eigenvalue weighted by molar-refractivity contribution is 0.0530. The molecule has 152 valence electrons. The van der Waals surface area contributed by atoms with Gasteiger partial charge in [-0.05, 0) is 62.2 Å². The van der Waals surface area contributed by atoms with Crippen LogP contribution in [0.15, 0.2) is 48.5 Å². The van der Waals surface area contributed by atoms with Crippen molar-refractivity contribution in [1.82, 2.24) is 10.2 Å². The largest absolute Gasteiger partial charge is 0.490 e. The number of piperidine rings is 3. The minimum Gasteiger partial charge on any atom is -0.490 e. The van der Waals surface area contributed by atoms with Gasteiger partial charge in [0.1, 0.15) is 19.0 Å². The third kappa shape index (κ3) is 4.03. The third-order valence-electron chi connectivity index (χ3n) is 6.08. The number of nitrogens with one attached hydrogen (secondary N) is 1. The Kier molecular flexibility index (Phi) is 5.02. The zero-order valence-electron chi connectivity index (χ0n) is 16.4. The first-order valence-electron chi connectivity index (χ1n) is 10.4. The summed E-state index contributed by atoms with van der Waals surface area (Å²) in [7, 11) is 0. The zero-order chi connectivity index (χ0) is 19.6. The molecule has 0 spiro atoms. The van der Waals surface area contributed by atoms with Crippen molar-refractivity contribution in [3.05, 3.63) is 54.1 Å². The van der Waals surface area contributed by atoms with Gasteiger partial charge in [0.15, 0.2) is 17.6 Å². The molecule has 1 amide bonds. The van der Waals surface area contributed by atoms with Crippen LogP contribution in [-0.2, 0) is 0 Å². The van der Waals surface area contributed by atoms with Gasteiger partial charge in [-0.3, -0.25) is 4.79 Å². The number of rotatable bonds is 5. The highest BCUT2D eigenvalue weighted by atomic mass is 16.6. The molecule has 2 aromatic rings. The SMILES string of the molecule is O=C(NC1CN2CCC1CC2)c1ccc2c(c1)OC(COc1ccccc1)CO2. The summed E-state index contributed by atoms with van der Waals surface area (Å²) in [4.78, 5) is 15.3. The number of amides is 1. The summed E-state index contributed by atoms with van der Waals surface area (Å²) in [5, 5.41) is 3.23. The fourth-order valence-electron chi connectivity index (χ4n) is 4.43. The van der Waals surface area contributed by atoms with Gasteiger partial charge >= 0.3 is 0 Å². The first-order valence-corrected chi connectivity index (χ1v) is 10.4. The van der Waals surface area contributed by atoms with E-state index in [-0.39, 0.29) is 18.1 Å². The van der Waals surface area contributed by atoms with Gasteiger partial charge in [-0.25, -0.2) is 0 Å². The molecule has 2 aromatic carbocycles. The van der Waals surface area contributed by atoms with Crippen molar-refractivity contribution >= 4 is 5.91 Å². The van der Waals surface area contributed by atoms with Gasteiger partial charge in [-0.15, -0.1) is 0 Å². The number of para-hydroxylation sites is 1. The summed E-state index contributed by atoms with van der Waals surface area (Å²) in [5.74, 6) is 2.62.